The van der Waals surface area contributed by atoms with Crippen LogP contribution in [0.25, 0.3) is 10.0 Å². The third-order valence-electron chi connectivity index (χ3n) is 4.31. The predicted octanol–water partition coefficient (Wildman–Crippen LogP) is 4.70. The number of rotatable bonds is 10. The molecule has 0 aliphatic carbocycles. The molecular weight excluding hydrogens is 391 g/mol. The van der Waals surface area contributed by atoms with E-state index in [0.717, 1.165) is 53.5 Å². The molecule has 0 saturated heterocycles. The van der Waals surface area contributed by atoms with Crippen LogP contribution >= 0.6 is 0 Å². The number of nitrogens with zero attached hydrogens (tertiary/aromatic N) is 2. The molecule has 0 N–H and O–H groups in total. The first-order chi connectivity index (χ1) is 12.6. The fourth-order valence-corrected chi connectivity index (χ4v) is 5.30. The van der Waals surface area contributed by atoms with Crippen molar-refractivity contribution in [2.24, 2.45) is 0 Å². The van der Waals surface area contributed by atoms with Crippen molar-refractivity contribution >= 4 is 25.2 Å². The van der Waals surface area contributed by atoms with Crippen LogP contribution in [0.3, 0.4) is 0 Å². The molecule has 4 nitrogen and oxygen atoms in total. The van der Waals surface area contributed by atoms with Gasteiger partial charge in [0.1, 0.15) is 0 Å². The van der Waals surface area contributed by atoms with Crippen LogP contribution in [0, 0.1) is 6.92 Å². The maximum absolute atomic E-state index is 12.5. The summed E-state index contributed by atoms with van der Waals surface area (Å²) in [7, 11) is 0. The maximum atomic E-state index is 12.5. The number of aryl methyl sites for hydroxylation is 1. The third kappa shape index (κ3) is 5.21. The molecule has 0 aliphatic heterocycles. The Morgan fingerprint density at radius 2 is 1.77 bits per heavy atom. The van der Waals surface area contributed by atoms with E-state index in [1.54, 1.807) is 0 Å². The van der Waals surface area contributed by atoms with Crippen LogP contribution in [0.2, 0.25) is 0 Å². The topological polar surface area (TPSA) is 42.4 Å². The molecule has 26 heavy (non-hydrogen) atoms. The summed E-state index contributed by atoms with van der Waals surface area (Å²) in [5.74, 6) is -0.298. The van der Waals surface area contributed by atoms with Crippen LogP contribution in [0.4, 0.5) is 4.69 Å². The summed E-state index contributed by atoms with van der Waals surface area (Å²) in [6.07, 6.45) is 4.61. The van der Waals surface area contributed by atoms with Gasteiger partial charge >= 0.3 is 163 Å². The summed E-state index contributed by atoms with van der Waals surface area (Å²) in [6.45, 7) is 10.7. The van der Waals surface area contributed by atoms with Gasteiger partial charge in [0.25, 0.3) is 0 Å². The molecular formula is C21H30N2O2Se. The van der Waals surface area contributed by atoms with E-state index in [0.29, 0.717) is 12.3 Å². The molecule has 0 aliphatic rings. The van der Waals surface area contributed by atoms with Gasteiger partial charge in [0.15, 0.2) is 0 Å². The van der Waals surface area contributed by atoms with Crippen molar-refractivity contribution in [3.63, 3.8) is 0 Å². The van der Waals surface area contributed by atoms with Gasteiger partial charge < -0.3 is 0 Å². The van der Waals surface area contributed by atoms with Crippen molar-refractivity contribution < 1.29 is 9.53 Å². The van der Waals surface area contributed by atoms with E-state index in [4.69, 9.17) is 9.72 Å². The Bertz CT molecular complexity index is 704. The first-order valence-corrected chi connectivity index (χ1v) is 11.3. The van der Waals surface area contributed by atoms with Crippen LogP contribution in [-0.4, -0.2) is 45.2 Å². The van der Waals surface area contributed by atoms with Gasteiger partial charge in [-0.1, -0.05) is 0 Å². The van der Waals surface area contributed by atoms with E-state index in [9.17, 15) is 4.79 Å². The fourth-order valence-electron chi connectivity index (χ4n) is 2.79. The standard InChI is InChI=1S/C21H30N2O2Se/c1-5-8-14-23(15-9-6-2)21-22-18(20(24)25-7-3)19(26-21)17-13-11-10-12-16(17)4/h10-13H,5-9,14-15H2,1-4H3. The van der Waals surface area contributed by atoms with Crippen molar-refractivity contribution in [2.75, 3.05) is 24.6 Å². The molecule has 0 amide bonds. The Balaban J connectivity index is 2.45. The average Bonchev–Trinajstić information content (AvgIpc) is 3.07. The molecule has 1 aromatic heterocycles. The van der Waals surface area contributed by atoms with Crippen LogP contribution < -0.4 is 4.90 Å². The van der Waals surface area contributed by atoms with Gasteiger partial charge in [-0.2, -0.15) is 0 Å². The van der Waals surface area contributed by atoms with Crippen molar-refractivity contribution in [1.82, 2.24) is 4.98 Å². The molecule has 0 atom stereocenters. The van der Waals surface area contributed by atoms with Crippen molar-refractivity contribution in [3.8, 4) is 10.0 Å². The number of aromatic nitrogens is 1. The zero-order chi connectivity index (χ0) is 18.9. The Hall–Kier alpha value is -1.58. The number of anilines is 1. The molecule has 0 radical (unpaired) electrons. The second-order valence-electron chi connectivity index (χ2n) is 6.40. The predicted molar refractivity (Wildman–Crippen MR) is 109 cm³/mol. The third-order valence-corrected chi connectivity index (χ3v) is 6.72. The second kappa shape index (κ2) is 10.5. The number of benzene rings is 1. The Morgan fingerprint density at radius 3 is 2.35 bits per heavy atom. The van der Waals surface area contributed by atoms with Crippen molar-refractivity contribution in [3.05, 3.63) is 35.5 Å². The monoisotopic (exact) mass is 422 g/mol. The Labute approximate surface area is 163 Å². The number of hydrogen-bond donors (Lipinski definition) is 0. The molecule has 0 unspecified atom stereocenters. The summed E-state index contributed by atoms with van der Waals surface area (Å²) in [6, 6.07) is 8.23. The van der Waals surface area contributed by atoms with E-state index in [1.165, 1.54) is 5.56 Å². The summed E-state index contributed by atoms with van der Waals surface area (Å²) in [5.41, 5.74) is 2.81. The van der Waals surface area contributed by atoms with E-state index >= 15 is 0 Å². The molecule has 142 valence electrons. The van der Waals surface area contributed by atoms with Crippen molar-refractivity contribution in [2.45, 2.75) is 53.4 Å². The van der Waals surface area contributed by atoms with Gasteiger partial charge in [0.05, 0.1) is 0 Å². The second-order valence-corrected chi connectivity index (χ2v) is 8.45. The fraction of sp³-hybridized carbons (Fsp3) is 0.524. The van der Waals surface area contributed by atoms with Gasteiger partial charge in [0.2, 0.25) is 0 Å². The number of carbonyl (C=O) groups excluding carboxylic acids is 1. The molecule has 0 spiro atoms. The first-order valence-electron chi connectivity index (χ1n) is 9.61. The van der Waals surface area contributed by atoms with Crippen LogP contribution in [0.15, 0.2) is 24.3 Å². The van der Waals surface area contributed by atoms with Crippen molar-refractivity contribution in [1.29, 1.82) is 0 Å². The minimum atomic E-state index is -0.298. The molecule has 5 heteroatoms. The molecule has 1 heterocycles. The molecule has 2 aromatic rings. The van der Waals surface area contributed by atoms with E-state index < -0.39 is 0 Å². The number of unbranched alkanes of at least 4 members (excludes halogenated alkanes) is 2. The zero-order valence-electron chi connectivity index (χ0n) is 16.4. The van der Waals surface area contributed by atoms with Gasteiger partial charge in [-0.25, -0.2) is 0 Å². The van der Waals surface area contributed by atoms with Gasteiger partial charge in [-0.15, -0.1) is 0 Å². The van der Waals surface area contributed by atoms with E-state index in [-0.39, 0.29) is 20.5 Å². The van der Waals surface area contributed by atoms with Crippen LogP contribution in [0.5, 0.6) is 0 Å². The summed E-state index contributed by atoms with van der Waals surface area (Å²) < 4.78 is 7.42. The summed E-state index contributed by atoms with van der Waals surface area (Å²) in [4.78, 5) is 19.7. The summed E-state index contributed by atoms with van der Waals surface area (Å²) in [5, 5.41) is 0. The SMILES string of the molecule is CCCCN(CCCC)c1nc(C(=O)OCC)c(-c2ccccc2C)[se]1. The quantitative estimate of drug-likeness (QED) is 0.412. The Morgan fingerprint density at radius 1 is 1.12 bits per heavy atom. The van der Waals surface area contributed by atoms with Crippen LogP contribution in [-0.2, 0) is 4.74 Å². The molecule has 0 fully saturated rings. The van der Waals surface area contributed by atoms with Gasteiger partial charge in [-0.05, 0) is 0 Å². The summed E-state index contributed by atoms with van der Waals surface area (Å²) >= 11 is 0.0235. The number of hydrogen-bond acceptors (Lipinski definition) is 4. The van der Waals surface area contributed by atoms with Crippen LogP contribution in [0.1, 0.15) is 62.5 Å². The Kier molecular flexibility index (Phi) is 8.40. The van der Waals surface area contributed by atoms with Gasteiger partial charge in [-0.3, -0.25) is 0 Å². The molecule has 1 aromatic carbocycles. The number of esters is 1. The van der Waals surface area contributed by atoms with E-state index in [1.807, 2.05) is 19.1 Å². The molecule has 0 bridgehead atoms. The molecule has 0 saturated carbocycles. The van der Waals surface area contributed by atoms with Gasteiger partial charge in [0, 0.05) is 0 Å². The van der Waals surface area contributed by atoms with E-state index in [2.05, 4.69) is 37.8 Å². The normalized spacial score (nSPS) is 10.8. The number of ether oxygens (including phenoxy) is 1. The zero-order valence-corrected chi connectivity index (χ0v) is 18.1. The minimum absolute atomic E-state index is 0.0235. The number of carbonyl (C=O) groups is 1. The first kappa shape index (κ1) is 20.7. The molecule has 2 rings (SSSR count). The average molecular weight is 421 g/mol.